The summed E-state index contributed by atoms with van der Waals surface area (Å²) in [7, 11) is 0. The second-order valence-corrected chi connectivity index (χ2v) is 6.60. The Bertz CT molecular complexity index is 374. The molecule has 0 aromatic carbocycles. The lowest BCUT2D eigenvalue weighted by atomic mass is 9.90. The van der Waals surface area contributed by atoms with Crippen molar-refractivity contribution in [3.63, 3.8) is 0 Å². The van der Waals surface area contributed by atoms with Crippen LogP contribution in [0, 0.1) is 5.92 Å². The Morgan fingerprint density at radius 1 is 1.39 bits per heavy atom. The first-order valence-electron chi connectivity index (χ1n) is 7.31. The second-order valence-electron chi connectivity index (χ2n) is 5.44. The predicted molar refractivity (Wildman–Crippen MR) is 76.3 cm³/mol. The van der Waals surface area contributed by atoms with Crippen LogP contribution in [0.25, 0.3) is 0 Å². The molecular weight excluding hydrogens is 242 g/mol. The highest BCUT2D eigenvalue weighted by molar-refractivity contribution is 7.12. The highest BCUT2D eigenvalue weighted by Crippen LogP contribution is 2.38. The maximum atomic E-state index is 5.50. The molecule has 1 aromatic heterocycles. The van der Waals surface area contributed by atoms with E-state index in [1.165, 1.54) is 32.1 Å². The molecule has 1 fully saturated rings. The molecule has 0 bridgehead atoms. The molecule has 1 aliphatic heterocycles. The average molecular weight is 265 g/mol. The van der Waals surface area contributed by atoms with Gasteiger partial charge in [-0.15, -0.1) is 11.3 Å². The van der Waals surface area contributed by atoms with Gasteiger partial charge in [0.15, 0.2) is 0 Å². The first kappa shape index (κ1) is 12.6. The maximum absolute atomic E-state index is 5.50. The highest BCUT2D eigenvalue weighted by atomic mass is 32.1. The van der Waals surface area contributed by atoms with E-state index in [1.807, 2.05) is 0 Å². The minimum atomic E-state index is 0.564. The van der Waals surface area contributed by atoms with E-state index < -0.39 is 0 Å². The standard InChI is InChI=1S/C15H23NOS/c1-2-16-15(11-6-8-17-9-7-11)14-10-12-4-3-5-13(12)18-14/h10-11,15-16H,2-9H2,1H3. The number of fused-ring (bicyclic) bond motifs is 1. The minimum absolute atomic E-state index is 0.564. The zero-order chi connectivity index (χ0) is 12.4. The van der Waals surface area contributed by atoms with Crippen molar-refractivity contribution in [1.82, 2.24) is 5.32 Å². The van der Waals surface area contributed by atoms with Crippen LogP contribution in [0.5, 0.6) is 0 Å². The van der Waals surface area contributed by atoms with Crippen LogP contribution >= 0.6 is 11.3 Å². The summed E-state index contributed by atoms with van der Waals surface area (Å²) in [4.78, 5) is 3.23. The number of hydrogen-bond acceptors (Lipinski definition) is 3. The van der Waals surface area contributed by atoms with E-state index in [0.29, 0.717) is 6.04 Å². The van der Waals surface area contributed by atoms with Gasteiger partial charge in [0.05, 0.1) is 0 Å². The van der Waals surface area contributed by atoms with Gasteiger partial charge in [0, 0.05) is 29.0 Å². The fourth-order valence-electron chi connectivity index (χ4n) is 3.27. The molecule has 1 aliphatic carbocycles. The normalized spacial score (nSPS) is 22.1. The lowest BCUT2D eigenvalue weighted by molar-refractivity contribution is 0.0542. The van der Waals surface area contributed by atoms with Gasteiger partial charge in [-0.1, -0.05) is 6.92 Å². The summed E-state index contributed by atoms with van der Waals surface area (Å²) < 4.78 is 5.50. The first-order chi connectivity index (χ1) is 8.88. The van der Waals surface area contributed by atoms with Crippen molar-refractivity contribution in [2.75, 3.05) is 19.8 Å². The fraction of sp³-hybridized carbons (Fsp3) is 0.733. The molecule has 1 unspecified atom stereocenters. The number of ether oxygens (including phenoxy) is 1. The third-order valence-electron chi connectivity index (χ3n) is 4.23. The van der Waals surface area contributed by atoms with E-state index in [-0.39, 0.29) is 0 Å². The molecule has 1 atom stereocenters. The Kier molecular flexibility index (Phi) is 4.02. The maximum Gasteiger partial charge on any atom is 0.0469 e. The number of thiophene rings is 1. The highest BCUT2D eigenvalue weighted by Gasteiger charge is 2.27. The zero-order valence-corrected chi connectivity index (χ0v) is 12.0. The van der Waals surface area contributed by atoms with Gasteiger partial charge in [-0.25, -0.2) is 0 Å². The van der Waals surface area contributed by atoms with E-state index in [2.05, 4.69) is 29.6 Å². The largest absolute Gasteiger partial charge is 0.381 e. The van der Waals surface area contributed by atoms with Crippen LogP contribution in [0.15, 0.2) is 6.07 Å². The van der Waals surface area contributed by atoms with Crippen LogP contribution in [0.2, 0.25) is 0 Å². The number of rotatable bonds is 4. The molecule has 2 nitrogen and oxygen atoms in total. The molecule has 3 heteroatoms. The fourth-order valence-corrected chi connectivity index (χ4v) is 4.70. The van der Waals surface area contributed by atoms with Gasteiger partial charge in [0.1, 0.15) is 0 Å². The van der Waals surface area contributed by atoms with Gasteiger partial charge in [-0.3, -0.25) is 0 Å². The molecule has 3 rings (SSSR count). The molecule has 0 radical (unpaired) electrons. The first-order valence-corrected chi connectivity index (χ1v) is 8.12. The molecule has 2 aliphatic rings. The summed E-state index contributed by atoms with van der Waals surface area (Å²) in [5.41, 5.74) is 1.63. The summed E-state index contributed by atoms with van der Waals surface area (Å²) in [6.45, 7) is 5.16. The Labute approximate surface area is 114 Å². The molecule has 18 heavy (non-hydrogen) atoms. The van der Waals surface area contributed by atoms with Crippen molar-refractivity contribution < 1.29 is 4.74 Å². The van der Waals surface area contributed by atoms with Crippen molar-refractivity contribution in [3.05, 3.63) is 21.4 Å². The predicted octanol–water partition coefficient (Wildman–Crippen LogP) is 3.31. The molecule has 1 aromatic rings. The molecule has 2 heterocycles. The van der Waals surface area contributed by atoms with Gasteiger partial charge in [0.2, 0.25) is 0 Å². The SMILES string of the molecule is CCNC(c1cc2c(s1)CCC2)C1CCOCC1. The number of aryl methyl sites for hydroxylation is 2. The number of hydrogen-bond donors (Lipinski definition) is 1. The van der Waals surface area contributed by atoms with Crippen LogP contribution in [0.4, 0.5) is 0 Å². The molecule has 0 amide bonds. The van der Waals surface area contributed by atoms with Crippen LogP contribution in [-0.2, 0) is 17.6 Å². The molecule has 1 N–H and O–H groups in total. The van der Waals surface area contributed by atoms with Crippen LogP contribution in [0.1, 0.15) is 47.5 Å². The summed E-state index contributed by atoms with van der Waals surface area (Å²) in [5.74, 6) is 0.762. The zero-order valence-electron chi connectivity index (χ0n) is 11.2. The molecular formula is C15H23NOS. The monoisotopic (exact) mass is 265 g/mol. The van der Waals surface area contributed by atoms with E-state index >= 15 is 0 Å². The summed E-state index contributed by atoms with van der Waals surface area (Å²) in [6, 6.07) is 3.05. The molecule has 100 valence electrons. The Balaban J connectivity index is 1.78. The van der Waals surface area contributed by atoms with Crippen LogP contribution in [0.3, 0.4) is 0 Å². The average Bonchev–Trinajstić information content (AvgIpc) is 2.97. The van der Waals surface area contributed by atoms with E-state index in [0.717, 1.165) is 25.7 Å². The van der Waals surface area contributed by atoms with Gasteiger partial charge >= 0.3 is 0 Å². The summed E-state index contributed by atoms with van der Waals surface area (Å²) in [6.07, 6.45) is 6.40. The molecule has 0 saturated carbocycles. The van der Waals surface area contributed by atoms with Crippen LogP contribution in [-0.4, -0.2) is 19.8 Å². The second kappa shape index (κ2) is 5.72. The van der Waals surface area contributed by atoms with Crippen molar-refractivity contribution in [2.24, 2.45) is 5.92 Å². The summed E-state index contributed by atoms with van der Waals surface area (Å²) in [5, 5.41) is 3.71. The smallest absolute Gasteiger partial charge is 0.0469 e. The Morgan fingerprint density at radius 2 is 2.22 bits per heavy atom. The van der Waals surface area contributed by atoms with Crippen molar-refractivity contribution in [2.45, 2.75) is 45.1 Å². The third kappa shape index (κ3) is 2.49. The van der Waals surface area contributed by atoms with Crippen molar-refractivity contribution >= 4 is 11.3 Å². The van der Waals surface area contributed by atoms with Crippen LogP contribution < -0.4 is 5.32 Å². The lowest BCUT2D eigenvalue weighted by Crippen LogP contribution is -2.31. The summed E-state index contributed by atoms with van der Waals surface area (Å²) >= 11 is 2.06. The van der Waals surface area contributed by atoms with Gasteiger partial charge in [-0.05, 0) is 56.2 Å². The van der Waals surface area contributed by atoms with Gasteiger partial charge in [0.25, 0.3) is 0 Å². The van der Waals surface area contributed by atoms with Crippen molar-refractivity contribution in [3.8, 4) is 0 Å². The lowest BCUT2D eigenvalue weighted by Gasteiger charge is -2.30. The topological polar surface area (TPSA) is 21.3 Å². The van der Waals surface area contributed by atoms with Gasteiger partial charge in [-0.2, -0.15) is 0 Å². The quantitative estimate of drug-likeness (QED) is 0.902. The molecule has 0 spiro atoms. The third-order valence-corrected chi connectivity index (χ3v) is 5.55. The van der Waals surface area contributed by atoms with Gasteiger partial charge < -0.3 is 10.1 Å². The number of nitrogens with one attached hydrogen (secondary N) is 1. The Morgan fingerprint density at radius 3 is 2.94 bits per heavy atom. The molecule has 1 saturated heterocycles. The Hall–Kier alpha value is -0.380. The van der Waals surface area contributed by atoms with Crippen molar-refractivity contribution in [1.29, 1.82) is 0 Å². The van der Waals surface area contributed by atoms with E-state index in [1.54, 1.807) is 15.3 Å². The van der Waals surface area contributed by atoms with E-state index in [4.69, 9.17) is 4.74 Å². The minimum Gasteiger partial charge on any atom is -0.381 e. The van der Waals surface area contributed by atoms with E-state index in [9.17, 15) is 0 Å².